The molecule has 1 N–H and O–H groups in total. The Labute approximate surface area is 109 Å². The van der Waals surface area contributed by atoms with E-state index in [1.807, 2.05) is 24.3 Å². The van der Waals surface area contributed by atoms with E-state index in [1.165, 1.54) is 11.3 Å². The molecule has 0 spiro atoms. The molecule has 3 nitrogen and oxygen atoms in total. The summed E-state index contributed by atoms with van der Waals surface area (Å²) in [6, 6.07) is 7.56. The number of carbonyl (C=O) groups is 2. The minimum atomic E-state index is -1.05. The summed E-state index contributed by atoms with van der Waals surface area (Å²) in [5.74, 6) is -2.53. The van der Waals surface area contributed by atoms with Crippen molar-refractivity contribution in [3.05, 3.63) is 35.2 Å². The van der Waals surface area contributed by atoms with E-state index in [0.717, 1.165) is 10.1 Å². The minimum Gasteiger partial charge on any atom is -0.481 e. The lowest BCUT2D eigenvalue weighted by Gasteiger charge is -2.14. The second-order valence-corrected chi connectivity index (χ2v) is 5.48. The summed E-state index contributed by atoms with van der Waals surface area (Å²) in [7, 11) is 0. The van der Waals surface area contributed by atoms with E-state index in [9.17, 15) is 9.59 Å². The van der Waals surface area contributed by atoms with Crippen LogP contribution in [0.1, 0.15) is 24.2 Å². The van der Waals surface area contributed by atoms with E-state index in [4.69, 9.17) is 5.11 Å². The molecule has 0 saturated heterocycles. The number of hydrogen-bond acceptors (Lipinski definition) is 3. The predicted octanol–water partition coefficient (Wildman–Crippen LogP) is 3.44. The van der Waals surface area contributed by atoms with Gasteiger partial charge in [0.05, 0.1) is 0 Å². The molecule has 1 unspecified atom stereocenters. The third-order valence-corrected chi connectivity index (χ3v) is 3.93. The maximum absolute atomic E-state index is 12.3. The Hall–Kier alpha value is -1.68. The van der Waals surface area contributed by atoms with Crippen molar-refractivity contribution in [1.82, 2.24) is 0 Å². The van der Waals surface area contributed by atoms with Crippen LogP contribution in [-0.2, 0) is 4.79 Å². The number of Topliss-reactive ketones (excluding diaryl/α,β-unsaturated/α-hetero) is 1. The maximum Gasteiger partial charge on any atom is 0.314 e. The van der Waals surface area contributed by atoms with Crippen molar-refractivity contribution in [2.24, 2.45) is 11.8 Å². The van der Waals surface area contributed by atoms with Crippen molar-refractivity contribution in [3.63, 3.8) is 0 Å². The van der Waals surface area contributed by atoms with Crippen LogP contribution in [0.2, 0.25) is 0 Å². The van der Waals surface area contributed by atoms with Gasteiger partial charge >= 0.3 is 5.97 Å². The summed E-state index contributed by atoms with van der Waals surface area (Å²) >= 11 is 1.47. The van der Waals surface area contributed by atoms with Gasteiger partial charge in [-0.3, -0.25) is 9.59 Å². The molecule has 2 rings (SSSR count). The van der Waals surface area contributed by atoms with E-state index in [1.54, 1.807) is 19.2 Å². The van der Waals surface area contributed by atoms with Crippen LogP contribution in [0.4, 0.5) is 0 Å². The second-order valence-electron chi connectivity index (χ2n) is 4.57. The van der Waals surface area contributed by atoms with Crippen molar-refractivity contribution >= 4 is 33.2 Å². The number of fused-ring (bicyclic) bond motifs is 1. The van der Waals surface area contributed by atoms with E-state index >= 15 is 0 Å². The molecule has 0 amide bonds. The van der Waals surface area contributed by atoms with Crippen molar-refractivity contribution in [2.75, 3.05) is 0 Å². The highest BCUT2D eigenvalue weighted by Gasteiger charge is 2.31. The van der Waals surface area contributed by atoms with Crippen LogP contribution < -0.4 is 0 Å². The summed E-state index contributed by atoms with van der Waals surface area (Å²) in [4.78, 5) is 23.5. The molecule has 0 aliphatic rings. The molecule has 1 aromatic carbocycles. The molecule has 94 valence electrons. The Kier molecular flexibility index (Phi) is 3.48. The monoisotopic (exact) mass is 262 g/mol. The molecule has 18 heavy (non-hydrogen) atoms. The zero-order chi connectivity index (χ0) is 13.3. The Morgan fingerprint density at radius 3 is 2.50 bits per heavy atom. The fraction of sp³-hybridized carbons (Fsp3) is 0.286. The molecule has 0 aliphatic heterocycles. The number of aliphatic carboxylic acids is 1. The first-order valence-corrected chi connectivity index (χ1v) is 6.63. The molecule has 1 atom stereocenters. The summed E-state index contributed by atoms with van der Waals surface area (Å²) in [6.45, 7) is 3.51. The molecular weight excluding hydrogens is 248 g/mol. The van der Waals surface area contributed by atoms with Crippen molar-refractivity contribution < 1.29 is 14.7 Å². The molecule has 0 aliphatic carbocycles. The topological polar surface area (TPSA) is 54.4 Å². The van der Waals surface area contributed by atoms with Gasteiger partial charge in [-0.15, -0.1) is 11.3 Å². The third-order valence-electron chi connectivity index (χ3n) is 2.96. The predicted molar refractivity (Wildman–Crippen MR) is 72.1 cm³/mol. The Morgan fingerprint density at radius 1 is 1.22 bits per heavy atom. The van der Waals surface area contributed by atoms with Crippen LogP contribution >= 0.6 is 11.3 Å². The molecule has 4 heteroatoms. The number of thiophene rings is 1. The average molecular weight is 262 g/mol. The van der Waals surface area contributed by atoms with Crippen molar-refractivity contribution in [1.29, 1.82) is 0 Å². The first kappa shape index (κ1) is 12.8. The van der Waals surface area contributed by atoms with Gasteiger partial charge in [0.1, 0.15) is 5.92 Å². The zero-order valence-corrected chi connectivity index (χ0v) is 11.0. The number of benzene rings is 1. The second kappa shape index (κ2) is 4.90. The Morgan fingerprint density at radius 2 is 1.89 bits per heavy atom. The molecule has 2 aromatic rings. The van der Waals surface area contributed by atoms with Crippen LogP contribution in [0.5, 0.6) is 0 Å². The molecule has 0 fully saturated rings. The number of hydrogen-bond donors (Lipinski definition) is 1. The van der Waals surface area contributed by atoms with Crippen LogP contribution in [0.15, 0.2) is 29.6 Å². The zero-order valence-electron chi connectivity index (χ0n) is 10.2. The van der Waals surface area contributed by atoms with Gasteiger partial charge in [0, 0.05) is 21.0 Å². The smallest absolute Gasteiger partial charge is 0.314 e. The standard InChI is InChI=1S/C14H14O3S/c1-8(2)12(14(16)17)13(15)10-7-18-11-6-4-3-5-9(10)11/h3-8,12H,1-2H3,(H,16,17). The summed E-state index contributed by atoms with van der Waals surface area (Å²) in [5, 5.41) is 11.8. The van der Waals surface area contributed by atoms with Crippen molar-refractivity contribution in [3.8, 4) is 0 Å². The van der Waals surface area contributed by atoms with Gasteiger partial charge in [0.2, 0.25) is 0 Å². The Bertz CT molecular complexity index is 598. The summed E-state index contributed by atoms with van der Waals surface area (Å²) in [6.07, 6.45) is 0. The highest BCUT2D eigenvalue weighted by atomic mass is 32.1. The first-order valence-electron chi connectivity index (χ1n) is 5.75. The van der Waals surface area contributed by atoms with Crippen LogP contribution in [0.25, 0.3) is 10.1 Å². The molecular formula is C14H14O3S. The molecule has 0 radical (unpaired) electrons. The summed E-state index contributed by atoms with van der Waals surface area (Å²) < 4.78 is 1.01. The molecule has 0 saturated carbocycles. The first-order chi connectivity index (χ1) is 8.52. The molecule has 1 aromatic heterocycles. The number of ketones is 1. The van der Waals surface area contributed by atoms with Crippen LogP contribution in [0.3, 0.4) is 0 Å². The van der Waals surface area contributed by atoms with E-state index in [0.29, 0.717) is 5.56 Å². The van der Waals surface area contributed by atoms with Gasteiger partial charge in [0.25, 0.3) is 0 Å². The number of carboxylic acid groups (broad SMARTS) is 1. The molecule has 1 heterocycles. The SMILES string of the molecule is CC(C)C(C(=O)O)C(=O)c1csc2ccccc12. The van der Waals surface area contributed by atoms with Crippen LogP contribution in [-0.4, -0.2) is 16.9 Å². The maximum atomic E-state index is 12.3. The van der Waals surface area contributed by atoms with Gasteiger partial charge in [0.15, 0.2) is 5.78 Å². The third kappa shape index (κ3) is 2.16. The van der Waals surface area contributed by atoms with Gasteiger partial charge in [-0.25, -0.2) is 0 Å². The normalized spacial score (nSPS) is 12.8. The average Bonchev–Trinajstić information content (AvgIpc) is 2.71. The van der Waals surface area contributed by atoms with E-state index in [2.05, 4.69) is 0 Å². The number of carboxylic acids is 1. The highest BCUT2D eigenvalue weighted by Crippen LogP contribution is 2.29. The molecule has 0 bridgehead atoms. The van der Waals surface area contributed by atoms with Gasteiger partial charge < -0.3 is 5.11 Å². The number of rotatable bonds is 4. The van der Waals surface area contributed by atoms with Crippen LogP contribution in [0, 0.1) is 11.8 Å². The van der Waals surface area contributed by atoms with Crippen molar-refractivity contribution in [2.45, 2.75) is 13.8 Å². The van der Waals surface area contributed by atoms with Gasteiger partial charge in [-0.2, -0.15) is 0 Å². The lowest BCUT2D eigenvalue weighted by atomic mass is 9.88. The van der Waals surface area contributed by atoms with Gasteiger partial charge in [-0.1, -0.05) is 32.0 Å². The Balaban J connectivity index is 2.48. The van der Waals surface area contributed by atoms with Gasteiger partial charge in [-0.05, 0) is 12.0 Å². The lowest BCUT2D eigenvalue weighted by molar-refractivity contribution is -0.141. The summed E-state index contributed by atoms with van der Waals surface area (Å²) in [5.41, 5.74) is 0.525. The van der Waals surface area contributed by atoms with E-state index < -0.39 is 11.9 Å². The fourth-order valence-electron chi connectivity index (χ4n) is 2.04. The lowest BCUT2D eigenvalue weighted by Crippen LogP contribution is -2.28. The van der Waals surface area contributed by atoms with E-state index in [-0.39, 0.29) is 11.7 Å². The highest BCUT2D eigenvalue weighted by molar-refractivity contribution is 7.17. The minimum absolute atomic E-state index is 0.214. The fourth-order valence-corrected chi connectivity index (χ4v) is 2.99. The number of carbonyl (C=O) groups excluding carboxylic acids is 1. The largest absolute Gasteiger partial charge is 0.481 e. The quantitative estimate of drug-likeness (QED) is 0.678.